The van der Waals surface area contributed by atoms with Gasteiger partial charge in [0.2, 0.25) is 5.91 Å². The van der Waals surface area contributed by atoms with E-state index in [9.17, 15) is 9.90 Å². The quantitative estimate of drug-likeness (QED) is 0.921. The van der Waals surface area contributed by atoms with Crippen LogP contribution in [-0.4, -0.2) is 41.7 Å². The number of anilines is 1. The molecular formula is C21H24N2O3. The smallest absolute Gasteiger partial charge is 0.241 e. The van der Waals surface area contributed by atoms with Crippen molar-refractivity contribution in [2.24, 2.45) is 0 Å². The number of ether oxygens (including phenoxy) is 1. The Morgan fingerprint density at radius 2 is 2.08 bits per heavy atom. The Labute approximate surface area is 153 Å². The second kappa shape index (κ2) is 7.09. The van der Waals surface area contributed by atoms with Crippen molar-refractivity contribution in [1.82, 2.24) is 4.90 Å². The number of nitrogens with zero attached hydrogens (tertiary/aromatic N) is 2. The Hall–Kier alpha value is -2.37. The van der Waals surface area contributed by atoms with Crippen LogP contribution in [0.2, 0.25) is 0 Å². The van der Waals surface area contributed by atoms with Crippen molar-refractivity contribution in [2.45, 2.75) is 32.5 Å². The van der Waals surface area contributed by atoms with Gasteiger partial charge < -0.3 is 14.7 Å². The molecule has 0 fully saturated rings. The first-order chi connectivity index (χ1) is 12.7. The van der Waals surface area contributed by atoms with Gasteiger partial charge in [-0.2, -0.15) is 0 Å². The zero-order valence-corrected chi connectivity index (χ0v) is 15.0. The molecule has 4 rings (SSSR count). The van der Waals surface area contributed by atoms with Crippen LogP contribution in [0.5, 0.6) is 5.75 Å². The average Bonchev–Trinajstić information content (AvgIpc) is 2.84. The minimum Gasteiger partial charge on any atom is -0.492 e. The fourth-order valence-electron chi connectivity index (χ4n) is 3.95. The summed E-state index contributed by atoms with van der Waals surface area (Å²) < 4.78 is 5.81. The second-order valence-corrected chi connectivity index (χ2v) is 7.10. The van der Waals surface area contributed by atoms with E-state index in [2.05, 4.69) is 17.9 Å². The molecule has 1 N–H and O–H groups in total. The zero-order chi connectivity index (χ0) is 18.1. The van der Waals surface area contributed by atoms with E-state index in [1.165, 1.54) is 5.56 Å². The van der Waals surface area contributed by atoms with Crippen molar-refractivity contribution in [3.8, 4) is 5.75 Å². The van der Waals surface area contributed by atoms with E-state index >= 15 is 0 Å². The molecule has 136 valence electrons. The number of carbonyl (C=O) groups is 1. The summed E-state index contributed by atoms with van der Waals surface area (Å²) >= 11 is 0. The van der Waals surface area contributed by atoms with E-state index in [0.717, 1.165) is 29.0 Å². The molecule has 0 saturated carbocycles. The van der Waals surface area contributed by atoms with Crippen LogP contribution < -0.4 is 9.64 Å². The number of carbonyl (C=O) groups excluding carboxylic acids is 1. The SMILES string of the molecule is CC1Cc2ccccc2N1C(=O)CN1CCOc2ccc(CO)cc2C1. The van der Waals surface area contributed by atoms with Gasteiger partial charge in [-0.15, -0.1) is 0 Å². The Bertz CT molecular complexity index is 821. The van der Waals surface area contributed by atoms with Crippen molar-refractivity contribution in [3.05, 3.63) is 59.2 Å². The fourth-order valence-corrected chi connectivity index (χ4v) is 3.95. The molecule has 0 bridgehead atoms. The summed E-state index contributed by atoms with van der Waals surface area (Å²) in [6.45, 7) is 4.40. The molecule has 26 heavy (non-hydrogen) atoms. The highest BCUT2D eigenvalue weighted by molar-refractivity contribution is 5.97. The Kier molecular flexibility index (Phi) is 4.66. The lowest BCUT2D eigenvalue weighted by molar-refractivity contribution is -0.120. The number of hydrogen-bond acceptors (Lipinski definition) is 4. The van der Waals surface area contributed by atoms with Gasteiger partial charge in [0.05, 0.1) is 13.2 Å². The molecule has 5 nitrogen and oxygen atoms in total. The third-order valence-electron chi connectivity index (χ3n) is 5.20. The number of para-hydroxylation sites is 1. The first-order valence-electron chi connectivity index (χ1n) is 9.13. The van der Waals surface area contributed by atoms with E-state index < -0.39 is 0 Å². The van der Waals surface area contributed by atoms with Gasteiger partial charge in [-0.25, -0.2) is 0 Å². The molecule has 1 amide bonds. The summed E-state index contributed by atoms with van der Waals surface area (Å²) in [6.07, 6.45) is 0.910. The molecule has 1 unspecified atom stereocenters. The lowest BCUT2D eigenvalue weighted by atomic mass is 10.1. The standard InChI is InChI=1S/C21H24N2O3/c1-15-10-17-4-2-3-5-19(17)23(15)21(25)13-22-8-9-26-20-7-6-16(14-24)11-18(20)12-22/h2-7,11,15,24H,8-10,12-14H2,1H3. The summed E-state index contributed by atoms with van der Waals surface area (Å²) in [5.74, 6) is 0.973. The van der Waals surface area contributed by atoms with Crippen LogP contribution in [0.4, 0.5) is 5.69 Å². The van der Waals surface area contributed by atoms with E-state index in [-0.39, 0.29) is 18.6 Å². The predicted molar refractivity (Wildman–Crippen MR) is 100 cm³/mol. The minimum absolute atomic E-state index is 0.00822. The predicted octanol–water partition coefficient (Wildman–Crippen LogP) is 2.35. The molecule has 0 radical (unpaired) electrons. The number of aliphatic hydroxyl groups excluding tert-OH is 1. The van der Waals surface area contributed by atoms with Crippen LogP contribution in [0.25, 0.3) is 0 Å². The number of amides is 1. The number of aliphatic hydroxyl groups is 1. The van der Waals surface area contributed by atoms with Crippen LogP contribution in [0.3, 0.4) is 0 Å². The van der Waals surface area contributed by atoms with Crippen LogP contribution in [0.15, 0.2) is 42.5 Å². The van der Waals surface area contributed by atoms with E-state index in [1.807, 2.05) is 41.3 Å². The molecule has 2 aromatic carbocycles. The molecular weight excluding hydrogens is 328 g/mol. The van der Waals surface area contributed by atoms with Crippen LogP contribution in [0, 0.1) is 0 Å². The average molecular weight is 352 g/mol. The van der Waals surface area contributed by atoms with Gasteiger partial charge >= 0.3 is 0 Å². The van der Waals surface area contributed by atoms with Crippen molar-refractivity contribution in [2.75, 3.05) is 24.6 Å². The van der Waals surface area contributed by atoms with Crippen molar-refractivity contribution >= 4 is 11.6 Å². The highest BCUT2D eigenvalue weighted by atomic mass is 16.5. The largest absolute Gasteiger partial charge is 0.492 e. The third kappa shape index (κ3) is 3.20. The van der Waals surface area contributed by atoms with Crippen molar-refractivity contribution < 1.29 is 14.6 Å². The van der Waals surface area contributed by atoms with E-state index in [4.69, 9.17) is 4.74 Å². The summed E-state index contributed by atoms with van der Waals surface area (Å²) in [6, 6.07) is 14.1. The monoisotopic (exact) mass is 352 g/mol. The van der Waals surface area contributed by atoms with E-state index in [0.29, 0.717) is 26.2 Å². The lowest BCUT2D eigenvalue weighted by Gasteiger charge is -2.26. The second-order valence-electron chi connectivity index (χ2n) is 7.10. The molecule has 2 aromatic rings. The summed E-state index contributed by atoms with van der Waals surface area (Å²) in [5, 5.41) is 9.37. The van der Waals surface area contributed by atoms with Gasteiger partial charge in [0.15, 0.2) is 0 Å². The van der Waals surface area contributed by atoms with Crippen molar-refractivity contribution in [1.29, 1.82) is 0 Å². The molecule has 5 heteroatoms. The number of rotatable bonds is 3. The maximum absolute atomic E-state index is 13.0. The number of hydrogen-bond donors (Lipinski definition) is 1. The van der Waals surface area contributed by atoms with Gasteiger partial charge in [-0.3, -0.25) is 9.69 Å². The summed E-state index contributed by atoms with van der Waals surface area (Å²) in [7, 11) is 0. The Morgan fingerprint density at radius 3 is 2.92 bits per heavy atom. The van der Waals surface area contributed by atoms with Gasteiger partial charge in [-0.05, 0) is 42.7 Å². The molecule has 2 aliphatic rings. The van der Waals surface area contributed by atoms with Gasteiger partial charge in [0.25, 0.3) is 0 Å². The van der Waals surface area contributed by atoms with Crippen LogP contribution in [-0.2, 0) is 24.4 Å². The van der Waals surface area contributed by atoms with Gasteiger partial charge in [0.1, 0.15) is 12.4 Å². The first-order valence-corrected chi connectivity index (χ1v) is 9.13. The van der Waals surface area contributed by atoms with E-state index in [1.54, 1.807) is 0 Å². The highest BCUT2D eigenvalue weighted by Gasteiger charge is 2.31. The molecule has 2 aliphatic heterocycles. The highest BCUT2D eigenvalue weighted by Crippen LogP contribution is 2.32. The fraction of sp³-hybridized carbons (Fsp3) is 0.381. The van der Waals surface area contributed by atoms with Gasteiger partial charge in [-0.1, -0.05) is 24.3 Å². The first kappa shape index (κ1) is 17.1. The van der Waals surface area contributed by atoms with Crippen LogP contribution in [0.1, 0.15) is 23.6 Å². The summed E-state index contributed by atoms with van der Waals surface area (Å²) in [5.41, 5.74) is 4.17. The molecule has 2 heterocycles. The zero-order valence-electron chi connectivity index (χ0n) is 15.0. The topological polar surface area (TPSA) is 53.0 Å². The molecule has 0 saturated heterocycles. The molecule has 0 spiro atoms. The number of benzene rings is 2. The Balaban J connectivity index is 1.51. The molecule has 0 aromatic heterocycles. The maximum atomic E-state index is 13.0. The maximum Gasteiger partial charge on any atom is 0.241 e. The van der Waals surface area contributed by atoms with Crippen LogP contribution >= 0.6 is 0 Å². The summed E-state index contributed by atoms with van der Waals surface area (Å²) in [4.78, 5) is 17.1. The number of fused-ring (bicyclic) bond motifs is 2. The molecule has 0 aliphatic carbocycles. The lowest BCUT2D eigenvalue weighted by Crippen LogP contribution is -2.43. The molecule has 1 atom stereocenters. The normalized spacial score (nSPS) is 19.5. The Morgan fingerprint density at radius 1 is 1.23 bits per heavy atom. The van der Waals surface area contributed by atoms with Crippen molar-refractivity contribution in [3.63, 3.8) is 0 Å². The minimum atomic E-state index is 0.00822. The van der Waals surface area contributed by atoms with Gasteiger partial charge in [0, 0.05) is 30.4 Å². The third-order valence-corrected chi connectivity index (χ3v) is 5.20.